The van der Waals surface area contributed by atoms with Crippen molar-refractivity contribution in [2.45, 2.75) is 0 Å². The summed E-state index contributed by atoms with van der Waals surface area (Å²) in [7, 11) is 0. The molecule has 0 aliphatic rings. The van der Waals surface area contributed by atoms with Crippen molar-refractivity contribution in [3.05, 3.63) is 28.3 Å². The molecule has 0 aromatic carbocycles. The lowest BCUT2D eigenvalue weighted by molar-refractivity contribution is -0.389. The van der Waals surface area contributed by atoms with E-state index in [1.807, 2.05) is 0 Å². The van der Waals surface area contributed by atoms with Gasteiger partial charge in [-0.05, 0) is 16.0 Å². The van der Waals surface area contributed by atoms with E-state index in [1.54, 1.807) is 0 Å². The maximum atomic E-state index is 10.5. The zero-order chi connectivity index (χ0) is 12.1. The highest BCUT2D eigenvalue weighted by Crippen LogP contribution is 2.14. The van der Waals surface area contributed by atoms with Gasteiger partial charge in [0, 0.05) is 25.2 Å². The predicted molar refractivity (Wildman–Crippen MR) is 59.2 cm³/mol. The van der Waals surface area contributed by atoms with Crippen LogP contribution in [0.4, 0.5) is 11.6 Å². The van der Waals surface area contributed by atoms with Crippen molar-refractivity contribution in [1.82, 2.24) is 4.98 Å². The highest BCUT2D eigenvalue weighted by Gasteiger charge is 2.17. The molecule has 0 fully saturated rings. The molecule has 16 heavy (non-hydrogen) atoms. The third-order valence-corrected chi connectivity index (χ3v) is 1.83. The Morgan fingerprint density at radius 3 is 2.81 bits per heavy atom. The van der Waals surface area contributed by atoms with Gasteiger partial charge >= 0.3 is 5.82 Å². The quantitative estimate of drug-likeness (QED) is 0.277. The Morgan fingerprint density at radius 1 is 1.62 bits per heavy atom. The van der Waals surface area contributed by atoms with Crippen molar-refractivity contribution in [3.8, 4) is 0 Å². The number of rotatable bonds is 4. The Kier molecular flexibility index (Phi) is 3.72. The smallest absolute Gasteiger partial charge is 0.365 e. The van der Waals surface area contributed by atoms with Crippen LogP contribution in [0, 0.1) is 15.5 Å². The fraction of sp³-hybridized carbons (Fsp3) is 0.250. The number of nitrogens with zero attached hydrogens (tertiary/aromatic N) is 3. The predicted octanol–water partition coefficient (Wildman–Crippen LogP) is -0.352. The van der Waals surface area contributed by atoms with Crippen LogP contribution in [-0.2, 0) is 0 Å². The number of nitrogens with one attached hydrogen (secondary N) is 1. The molecule has 1 aromatic heterocycles. The van der Waals surface area contributed by atoms with E-state index in [4.69, 9.17) is 16.9 Å². The van der Waals surface area contributed by atoms with Gasteiger partial charge in [0.05, 0.1) is 0 Å². The van der Waals surface area contributed by atoms with Crippen molar-refractivity contribution in [3.63, 3.8) is 0 Å². The molecule has 0 saturated heterocycles. The first-order valence-corrected chi connectivity index (χ1v) is 4.49. The number of guanidine groups is 1. The lowest BCUT2D eigenvalue weighted by Gasteiger charge is -2.17. The molecule has 0 unspecified atom stereocenters. The average Bonchev–Trinajstić information content (AvgIpc) is 2.25. The normalized spacial score (nSPS) is 9.81. The van der Waals surface area contributed by atoms with Gasteiger partial charge in [0.15, 0.2) is 5.96 Å². The molecule has 1 heterocycles. The van der Waals surface area contributed by atoms with Crippen LogP contribution in [0.3, 0.4) is 0 Å². The van der Waals surface area contributed by atoms with Crippen LogP contribution >= 0.6 is 0 Å². The van der Waals surface area contributed by atoms with E-state index in [-0.39, 0.29) is 30.7 Å². The number of hydrogen-bond donors (Lipinski definition) is 3. The summed E-state index contributed by atoms with van der Waals surface area (Å²) in [5, 5.41) is 17.8. The summed E-state index contributed by atoms with van der Waals surface area (Å²) in [5.74, 6) is -0.300. The van der Waals surface area contributed by atoms with E-state index in [9.17, 15) is 10.1 Å². The minimum atomic E-state index is -0.607. The summed E-state index contributed by atoms with van der Waals surface area (Å²) in [6.07, 6.45) is 0. The van der Waals surface area contributed by atoms with Crippen molar-refractivity contribution in [2.75, 3.05) is 18.0 Å². The van der Waals surface area contributed by atoms with Crippen LogP contribution in [0.2, 0.25) is 0 Å². The van der Waals surface area contributed by atoms with Crippen LogP contribution in [-0.4, -0.2) is 29.0 Å². The number of nitrogens with two attached hydrogens (primary N) is 2. The molecule has 0 radical (unpaired) electrons. The fourth-order valence-electron chi connectivity index (χ4n) is 1.15. The van der Waals surface area contributed by atoms with Crippen LogP contribution in [0.5, 0.6) is 0 Å². The van der Waals surface area contributed by atoms with Gasteiger partial charge in [-0.3, -0.25) is 10.3 Å². The summed E-state index contributed by atoms with van der Waals surface area (Å²) in [4.78, 5) is 15.0. The standard InChI is InChI=1S/C8H12N6O2/c9-4-5-13(8(10)11)6-2-1-3-7(12-6)14(15)16/h1-3H,4-5,9H2,(H3,10,11). The summed E-state index contributed by atoms with van der Waals surface area (Å²) < 4.78 is 0. The van der Waals surface area contributed by atoms with E-state index in [1.165, 1.54) is 23.1 Å². The molecule has 8 nitrogen and oxygen atoms in total. The number of hydrogen-bond acceptors (Lipinski definition) is 5. The zero-order valence-electron chi connectivity index (χ0n) is 8.46. The maximum absolute atomic E-state index is 10.5. The lowest BCUT2D eigenvalue weighted by atomic mass is 10.4. The van der Waals surface area contributed by atoms with Crippen LogP contribution in [0.1, 0.15) is 0 Å². The fourth-order valence-corrected chi connectivity index (χ4v) is 1.15. The van der Waals surface area contributed by atoms with E-state index in [0.717, 1.165) is 0 Å². The lowest BCUT2D eigenvalue weighted by Crippen LogP contribution is -2.40. The second-order valence-corrected chi connectivity index (χ2v) is 2.94. The molecule has 0 spiro atoms. The van der Waals surface area contributed by atoms with Crippen molar-refractivity contribution >= 4 is 17.6 Å². The third-order valence-electron chi connectivity index (χ3n) is 1.83. The molecule has 1 aromatic rings. The Bertz CT molecular complexity index is 407. The Labute approximate surface area is 91.5 Å². The monoisotopic (exact) mass is 224 g/mol. The molecule has 0 amide bonds. The number of nitro groups is 1. The van der Waals surface area contributed by atoms with Gasteiger partial charge in [0.25, 0.3) is 5.82 Å². The van der Waals surface area contributed by atoms with E-state index >= 15 is 0 Å². The molecule has 0 bridgehead atoms. The minimum absolute atomic E-state index is 0.243. The molecule has 8 heteroatoms. The Balaban J connectivity index is 3.04. The van der Waals surface area contributed by atoms with Gasteiger partial charge in [-0.1, -0.05) is 0 Å². The second kappa shape index (κ2) is 5.03. The third kappa shape index (κ3) is 2.64. The van der Waals surface area contributed by atoms with Crippen molar-refractivity contribution < 1.29 is 4.92 Å². The molecular weight excluding hydrogens is 212 g/mol. The van der Waals surface area contributed by atoms with Gasteiger partial charge in [0.1, 0.15) is 0 Å². The molecule has 1 rings (SSSR count). The van der Waals surface area contributed by atoms with E-state index in [0.29, 0.717) is 0 Å². The summed E-state index contributed by atoms with van der Waals surface area (Å²) in [6, 6.07) is 4.28. The van der Waals surface area contributed by atoms with Gasteiger partial charge in [-0.15, -0.1) is 0 Å². The van der Waals surface area contributed by atoms with Crippen molar-refractivity contribution in [1.29, 1.82) is 5.41 Å². The zero-order valence-corrected chi connectivity index (χ0v) is 8.46. The topological polar surface area (TPSA) is 135 Å². The SMILES string of the molecule is N=C(N)N(CCN)c1cccc([N+](=O)[O-])n1. The summed E-state index contributed by atoms with van der Waals surface area (Å²) >= 11 is 0. The van der Waals surface area contributed by atoms with Gasteiger partial charge in [-0.2, -0.15) is 0 Å². The largest absolute Gasteiger partial charge is 0.370 e. The highest BCUT2D eigenvalue weighted by molar-refractivity contribution is 5.91. The highest BCUT2D eigenvalue weighted by atomic mass is 16.6. The Hall–Kier alpha value is -2.22. The minimum Gasteiger partial charge on any atom is -0.370 e. The molecule has 86 valence electrons. The van der Waals surface area contributed by atoms with Crippen LogP contribution < -0.4 is 16.4 Å². The van der Waals surface area contributed by atoms with Gasteiger partial charge in [-0.25, -0.2) is 0 Å². The molecule has 0 aliphatic carbocycles. The average molecular weight is 224 g/mol. The van der Waals surface area contributed by atoms with Gasteiger partial charge in [0.2, 0.25) is 0 Å². The molecule has 0 aliphatic heterocycles. The van der Waals surface area contributed by atoms with E-state index < -0.39 is 4.92 Å². The van der Waals surface area contributed by atoms with E-state index in [2.05, 4.69) is 4.98 Å². The molecule has 0 atom stereocenters. The first kappa shape index (κ1) is 11.9. The number of anilines is 1. The number of pyridine rings is 1. The van der Waals surface area contributed by atoms with Crippen LogP contribution in [0.15, 0.2) is 18.2 Å². The summed E-state index contributed by atoms with van der Waals surface area (Å²) in [6.45, 7) is 0.549. The second-order valence-electron chi connectivity index (χ2n) is 2.94. The number of aromatic nitrogens is 1. The Morgan fingerprint density at radius 2 is 2.31 bits per heavy atom. The first-order valence-electron chi connectivity index (χ1n) is 4.49. The van der Waals surface area contributed by atoms with Crippen molar-refractivity contribution in [2.24, 2.45) is 11.5 Å². The van der Waals surface area contributed by atoms with Gasteiger partial charge < -0.3 is 21.6 Å². The first-order chi connectivity index (χ1) is 7.56. The molecule has 0 saturated carbocycles. The molecule has 5 N–H and O–H groups in total. The van der Waals surface area contributed by atoms with Crippen LogP contribution in [0.25, 0.3) is 0 Å². The maximum Gasteiger partial charge on any atom is 0.365 e. The molecular formula is C8H12N6O2. The summed E-state index contributed by atoms with van der Waals surface area (Å²) in [5.41, 5.74) is 10.7.